The van der Waals surface area contributed by atoms with Gasteiger partial charge in [-0.05, 0) is 60.5 Å². The van der Waals surface area contributed by atoms with E-state index >= 15 is 0 Å². The number of aryl methyl sites for hydroxylation is 1. The number of nitrogens with zero attached hydrogens (tertiary/aromatic N) is 1. The molecule has 2 aliphatic rings. The maximum Gasteiger partial charge on any atom is 0.244 e. The summed E-state index contributed by atoms with van der Waals surface area (Å²) in [5, 5.41) is 0. The lowest BCUT2D eigenvalue weighted by Gasteiger charge is -2.43. The molecule has 2 fully saturated rings. The zero-order valence-corrected chi connectivity index (χ0v) is 14.9. The molecule has 20 heavy (non-hydrogen) atoms. The highest BCUT2D eigenvalue weighted by Gasteiger charge is 2.40. The van der Waals surface area contributed by atoms with Crippen LogP contribution >= 0.6 is 27.3 Å². The molecule has 2 heterocycles. The van der Waals surface area contributed by atoms with Crippen LogP contribution < -0.4 is 0 Å². The normalized spacial score (nSPS) is 28.3. The van der Waals surface area contributed by atoms with Crippen molar-refractivity contribution >= 4 is 37.3 Å². The van der Waals surface area contributed by atoms with Gasteiger partial charge < -0.3 is 0 Å². The van der Waals surface area contributed by atoms with Crippen LogP contribution in [0.2, 0.25) is 0 Å². The van der Waals surface area contributed by atoms with Crippen LogP contribution in [0.25, 0.3) is 0 Å². The van der Waals surface area contributed by atoms with Crippen molar-refractivity contribution in [1.29, 1.82) is 0 Å². The summed E-state index contributed by atoms with van der Waals surface area (Å²) in [5.74, 6) is 0.578. The molecule has 6 heteroatoms. The Morgan fingerprint density at radius 2 is 1.95 bits per heavy atom. The number of hydrogen-bond donors (Lipinski definition) is 0. The van der Waals surface area contributed by atoms with E-state index < -0.39 is 10.0 Å². The van der Waals surface area contributed by atoms with Crippen molar-refractivity contribution < 1.29 is 8.42 Å². The number of halogens is 1. The Labute approximate surface area is 133 Å². The highest BCUT2D eigenvalue weighted by Crippen LogP contribution is 2.40. The molecule has 1 aliphatic heterocycles. The zero-order valence-electron chi connectivity index (χ0n) is 11.6. The van der Waals surface area contributed by atoms with E-state index in [0.29, 0.717) is 17.4 Å². The molecule has 0 amide bonds. The molecule has 2 atom stereocenters. The van der Waals surface area contributed by atoms with Gasteiger partial charge in [0.15, 0.2) is 0 Å². The number of rotatable bonds is 2. The van der Waals surface area contributed by atoms with Gasteiger partial charge in [-0.25, -0.2) is 8.42 Å². The number of hydrogen-bond acceptors (Lipinski definition) is 3. The van der Waals surface area contributed by atoms with Crippen LogP contribution in [-0.2, 0) is 10.0 Å². The van der Waals surface area contributed by atoms with E-state index in [1.54, 1.807) is 6.07 Å². The van der Waals surface area contributed by atoms with Gasteiger partial charge >= 0.3 is 0 Å². The fraction of sp³-hybridized carbons (Fsp3) is 0.714. The second-order valence-electron chi connectivity index (χ2n) is 5.84. The topological polar surface area (TPSA) is 37.4 Å². The average molecular weight is 378 g/mol. The minimum absolute atomic E-state index is 0.237. The molecule has 1 saturated heterocycles. The Hall–Kier alpha value is 0.0900. The third kappa shape index (κ3) is 2.60. The van der Waals surface area contributed by atoms with E-state index in [9.17, 15) is 8.42 Å². The first kappa shape index (κ1) is 15.0. The largest absolute Gasteiger partial charge is 0.244 e. The zero-order chi connectivity index (χ0) is 14.3. The van der Waals surface area contributed by atoms with Crippen LogP contribution in [0, 0.1) is 12.8 Å². The van der Waals surface area contributed by atoms with Crippen molar-refractivity contribution in [1.82, 2.24) is 4.31 Å². The van der Waals surface area contributed by atoms with Gasteiger partial charge in [0.25, 0.3) is 0 Å². The van der Waals surface area contributed by atoms with Gasteiger partial charge in [0, 0.05) is 17.5 Å². The Morgan fingerprint density at radius 1 is 1.25 bits per heavy atom. The van der Waals surface area contributed by atoms with Crippen LogP contribution in [0.5, 0.6) is 0 Å². The molecule has 1 aromatic rings. The molecule has 1 aliphatic carbocycles. The van der Waals surface area contributed by atoms with Crippen molar-refractivity contribution in [3.63, 3.8) is 0 Å². The van der Waals surface area contributed by atoms with Crippen LogP contribution in [-0.4, -0.2) is 25.3 Å². The molecular formula is C14H20BrNO2S2. The summed E-state index contributed by atoms with van der Waals surface area (Å²) in [5.41, 5.74) is 0. The minimum Gasteiger partial charge on any atom is -0.207 e. The SMILES string of the molecule is Cc1sc(Br)cc1S(=O)(=O)N1CCCC2CCCCC21. The smallest absolute Gasteiger partial charge is 0.207 e. The van der Waals surface area contributed by atoms with E-state index in [4.69, 9.17) is 0 Å². The minimum atomic E-state index is -3.33. The Bertz CT molecular complexity index is 594. The first-order valence-electron chi connectivity index (χ1n) is 7.28. The van der Waals surface area contributed by atoms with E-state index in [2.05, 4.69) is 15.9 Å². The lowest BCUT2D eigenvalue weighted by atomic mass is 9.79. The molecule has 0 bridgehead atoms. The van der Waals surface area contributed by atoms with Crippen LogP contribution in [0.3, 0.4) is 0 Å². The first-order valence-corrected chi connectivity index (χ1v) is 10.3. The van der Waals surface area contributed by atoms with E-state index in [1.807, 2.05) is 11.2 Å². The predicted octanol–water partition coefficient (Wildman–Crippen LogP) is 4.16. The Kier molecular flexibility index (Phi) is 4.28. The van der Waals surface area contributed by atoms with Crippen LogP contribution in [0.1, 0.15) is 43.4 Å². The molecular weight excluding hydrogens is 358 g/mol. The number of fused-ring (bicyclic) bond motifs is 1. The lowest BCUT2D eigenvalue weighted by Crippen LogP contribution is -2.49. The monoisotopic (exact) mass is 377 g/mol. The second-order valence-corrected chi connectivity index (χ2v) is 10.3. The van der Waals surface area contributed by atoms with Gasteiger partial charge in [-0.3, -0.25) is 0 Å². The molecule has 0 N–H and O–H groups in total. The fourth-order valence-electron chi connectivity index (χ4n) is 3.69. The van der Waals surface area contributed by atoms with Gasteiger partial charge in [0.2, 0.25) is 10.0 Å². The Balaban J connectivity index is 1.95. The molecule has 3 rings (SSSR count). The third-order valence-corrected chi connectivity index (χ3v) is 8.35. The molecule has 3 nitrogen and oxygen atoms in total. The van der Waals surface area contributed by atoms with Crippen molar-refractivity contribution in [2.45, 2.75) is 56.4 Å². The maximum atomic E-state index is 13.0. The molecule has 112 valence electrons. The molecule has 0 aromatic carbocycles. The third-order valence-electron chi connectivity index (χ3n) is 4.62. The summed E-state index contributed by atoms with van der Waals surface area (Å²) in [4.78, 5) is 1.38. The van der Waals surface area contributed by atoms with Crippen molar-refractivity contribution in [2.24, 2.45) is 5.92 Å². The van der Waals surface area contributed by atoms with Gasteiger partial charge in [-0.15, -0.1) is 11.3 Å². The van der Waals surface area contributed by atoms with Crippen molar-refractivity contribution in [3.05, 3.63) is 14.7 Å². The Morgan fingerprint density at radius 3 is 2.65 bits per heavy atom. The lowest BCUT2D eigenvalue weighted by molar-refractivity contribution is 0.129. The highest BCUT2D eigenvalue weighted by molar-refractivity contribution is 9.11. The average Bonchev–Trinajstić information content (AvgIpc) is 2.78. The summed E-state index contributed by atoms with van der Waals surface area (Å²) >= 11 is 4.90. The summed E-state index contributed by atoms with van der Waals surface area (Å²) < 4.78 is 28.7. The van der Waals surface area contributed by atoms with Gasteiger partial charge in [-0.2, -0.15) is 4.31 Å². The van der Waals surface area contributed by atoms with Crippen molar-refractivity contribution in [2.75, 3.05) is 6.54 Å². The van der Waals surface area contributed by atoms with Gasteiger partial charge in [-0.1, -0.05) is 12.8 Å². The fourth-order valence-corrected chi connectivity index (χ4v) is 7.83. The van der Waals surface area contributed by atoms with Gasteiger partial charge in [0.05, 0.1) is 8.68 Å². The quantitative estimate of drug-likeness (QED) is 0.775. The van der Waals surface area contributed by atoms with E-state index in [1.165, 1.54) is 37.0 Å². The van der Waals surface area contributed by atoms with E-state index in [0.717, 1.165) is 21.5 Å². The van der Waals surface area contributed by atoms with Crippen LogP contribution in [0.15, 0.2) is 14.7 Å². The maximum absolute atomic E-state index is 13.0. The van der Waals surface area contributed by atoms with E-state index in [-0.39, 0.29) is 6.04 Å². The second kappa shape index (κ2) is 5.71. The predicted molar refractivity (Wildman–Crippen MR) is 85.6 cm³/mol. The summed E-state index contributed by atoms with van der Waals surface area (Å²) in [6.45, 7) is 2.58. The molecule has 1 saturated carbocycles. The van der Waals surface area contributed by atoms with Crippen molar-refractivity contribution in [3.8, 4) is 0 Å². The molecule has 0 spiro atoms. The highest BCUT2D eigenvalue weighted by atomic mass is 79.9. The molecule has 1 aromatic heterocycles. The number of sulfonamides is 1. The summed E-state index contributed by atoms with van der Waals surface area (Å²) in [6.07, 6.45) is 6.86. The summed E-state index contributed by atoms with van der Waals surface area (Å²) in [7, 11) is -3.33. The number of thiophene rings is 1. The summed E-state index contributed by atoms with van der Waals surface area (Å²) in [6, 6.07) is 2.00. The first-order chi connectivity index (χ1) is 9.50. The molecule has 0 radical (unpaired) electrons. The van der Waals surface area contributed by atoms with Gasteiger partial charge in [0.1, 0.15) is 0 Å². The standard InChI is InChI=1S/C14H20BrNO2S2/c1-10-13(9-14(15)19-10)20(17,18)16-8-4-6-11-5-2-3-7-12(11)16/h9,11-12H,2-8H2,1H3. The molecule has 2 unspecified atom stereocenters. The van der Waals surface area contributed by atoms with Crippen LogP contribution in [0.4, 0.5) is 0 Å². The number of piperidine rings is 1.